The summed E-state index contributed by atoms with van der Waals surface area (Å²) in [6, 6.07) is 7.15. The first kappa shape index (κ1) is 14.3. The molecular formula is C15H18N2O3S. The van der Waals surface area contributed by atoms with Gasteiger partial charge in [0.2, 0.25) is 0 Å². The van der Waals surface area contributed by atoms with Crippen LogP contribution in [0.4, 0.5) is 4.79 Å². The maximum atomic E-state index is 12.4. The second kappa shape index (κ2) is 5.97. The van der Waals surface area contributed by atoms with Crippen molar-refractivity contribution in [2.45, 2.75) is 31.3 Å². The lowest BCUT2D eigenvalue weighted by Crippen LogP contribution is -2.48. The molecule has 1 heterocycles. The summed E-state index contributed by atoms with van der Waals surface area (Å²) in [6.07, 6.45) is 2.99. The Morgan fingerprint density at radius 1 is 1.33 bits per heavy atom. The van der Waals surface area contributed by atoms with Crippen LogP contribution in [0.15, 0.2) is 24.3 Å². The molecule has 1 aromatic carbocycles. The van der Waals surface area contributed by atoms with E-state index >= 15 is 0 Å². The van der Waals surface area contributed by atoms with E-state index in [2.05, 4.69) is 11.4 Å². The fourth-order valence-electron chi connectivity index (χ4n) is 2.98. The van der Waals surface area contributed by atoms with Gasteiger partial charge in [0.25, 0.3) is 0 Å². The minimum atomic E-state index is -0.931. The zero-order valence-electron chi connectivity index (χ0n) is 11.6. The van der Waals surface area contributed by atoms with E-state index in [1.165, 1.54) is 22.2 Å². The fourth-order valence-corrected chi connectivity index (χ4v) is 4.13. The molecule has 6 heteroatoms. The molecule has 0 aromatic heterocycles. The highest BCUT2D eigenvalue weighted by Gasteiger charge is 2.35. The number of benzene rings is 1. The third-order valence-electron chi connectivity index (χ3n) is 4.10. The number of thioether (sulfide) groups is 1. The number of carbonyl (C=O) groups excluding carboxylic acids is 1. The summed E-state index contributed by atoms with van der Waals surface area (Å²) >= 11 is 1.48. The van der Waals surface area contributed by atoms with Crippen molar-refractivity contribution in [3.8, 4) is 0 Å². The van der Waals surface area contributed by atoms with Crippen LogP contribution in [0.3, 0.4) is 0 Å². The van der Waals surface area contributed by atoms with Gasteiger partial charge in [-0.15, -0.1) is 11.8 Å². The lowest BCUT2D eigenvalue weighted by atomic mass is 9.88. The monoisotopic (exact) mass is 306 g/mol. The lowest BCUT2D eigenvalue weighted by Gasteiger charge is -2.29. The number of rotatable bonds is 2. The van der Waals surface area contributed by atoms with Crippen molar-refractivity contribution in [2.24, 2.45) is 0 Å². The first-order valence-electron chi connectivity index (χ1n) is 7.12. The lowest BCUT2D eigenvalue weighted by molar-refractivity contribution is -0.140. The SMILES string of the molecule is O=C(O)[C@@H]1CSCN1C(=O)NC1CCCc2ccccc21. The molecule has 5 nitrogen and oxygen atoms in total. The summed E-state index contributed by atoms with van der Waals surface area (Å²) in [5, 5.41) is 12.2. The summed E-state index contributed by atoms with van der Waals surface area (Å²) in [7, 11) is 0. The molecule has 1 aliphatic heterocycles. The van der Waals surface area contributed by atoms with E-state index in [1.807, 2.05) is 18.2 Å². The average Bonchev–Trinajstić information content (AvgIpc) is 2.97. The molecule has 1 fully saturated rings. The number of fused-ring (bicyclic) bond motifs is 1. The maximum Gasteiger partial charge on any atom is 0.327 e. The Labute approximate surface area is 127 Å². The van der Waals surface area contributed by atoms with Crippen molar-refractivity contribution in [1.82, 2.24) is 10.2 Å². The number of amides is 2. The number of urea groups is 1. The molecule has 21 heavy (non-hydrogen) atoms. The molecule has 1 unspecified atom stereocenters. The highest BCUT2D eigenvalue weighted by molar-refractivity contribution is 7.99. The Balaban J connectivity index is 1.73. The van der Waals surface area contributed by atoms with Gasteiger partial charge in [0.05, 0.1) is 11.9 Å². The second-order valence-corrected chi connectivity index (χ2v) is 6.42. The topological polar surface area (TPSA) is 69.6 Å². The molecule has 1 saturated heterocycles. The van der Waals surface area contributed by atoms with Gasteiger partial charge in [-0.3, -0.25) is 0 Å². The van der Waals surface area contributed by atoms with E-state index in [-0.39, 0.29) is 12.1 Å². The molecule has 2 atom stereocenters. The van der Waals surface area contributed by atoms with E-state index < -0.39 is 12.0 Å². The smallest absolute Gasteiger partial charge is 0.327 e. The van der Waals surface area contributed by atoms with E-state index in [0.717, 1.165) is 24.8 Å². The van der Waals surface area contributed by atoms with Crippen molar-refractivity contribution in [3.63, 3.8) is 0 Å². The number of nitrogens with zero attached hydrogens (tertiary/aromatic N) is 1. The Morgan fingerprint density at radius 3 is 2.95 bits per heavy atom. The Kier molecular flexibility index (Phi) is 4.05. The highest BCUT2D eigenvalue weighted by atomic mass is 32.2. The molecule has 112 valence electrons. The summed E-state index contributed by atoms with van der Waals surface area (Å²) in [5.74, 6) is -0.0274. The number of aliphatic carboxylic acids is 1. The number of nitrogens with one attached hydrogen (secondary N) is 1. The molecular weight excluding hydrogens is 288 g/mol. The Bertz CT molecular complexity index is 564. The van der Waals surface area contributed by atoms with Crippen molar-refractivity contribution in [2.75, 3.05) is 11.6 Å². The van der Waals surface area contributed by atoms with Crippen LogP contribution in [0, 0.1) is 0 Å². The first-order valence-corrected chi connectivity index (χ1v) is 8.28. The molecule has 0 saturated carbocycles. The number of hydrogen-bond donors (Lipinski definition) is 2. The van der Waals surface area contributed by atoms with Crippen LogP contribution in [0.25, 0.3) is 0 Å². The van der Waals surface area contributed by atoms with Gasteiger partial charge in [-0.05, 0) is 30.4 Å². The third-order valence-corrected chi connectivity index (χ3v) is 5.11. The minimum Gasteiger partial charge on any atom is -0.480 e. The van der Waals surface area contributed by atoms with Crippen molar-refractivity contribution in [3.05, 3.63) is 35.4 Å². The normalized spacial score (nSPS) is 24.5. The molecule has 0 bridgehead atoms. The van der Waals surface area contributed by atoms with E-state index in [9.17, 15) is 9.59 Å². The molecule has 1 aliphatic carbocycles. The number of hydrogen-bond acceptors (Lipinski definition) is 3. The number of aryl methyl sites for hydroxylation is 1. The molecule has 2 N–H and O–H groups in total. The fraction of sp³-hybridized carbons (Fsp3) is 0.467. The Hall–Kier alpha value is -1.69. The molecule has 0 radical (unpaired) electrons. The van der Waals surface area contributed by atoms with Crippen LogP contribution >= 0.6 is 11.8 Å². The van der Waals surface area contributed by atoms with Crippen molar-refractivity contribution < 1.29 is 14.7 Å². The average molecular weight is 306 g/mol. The van der Waals surface area contributed by atoms with Gasteiger partial charge in [0.15, 0.2) is 0 Å². The minimum absolute atomic E-state index is 0.0116. The van der Waals surface area contributed by atoms with Gasteiger partial charge in [0, 0.05) is 5.75 Å². The number of carbonyl (C=O) groups is 2. The van der Waals surface area contributed by atoms with Gasteiger partial charge >= 0.3 is 12.0 Å². The third kappa shape index (κ3) is 2.85. The highest BCUT2D eigenvalue weighted by Crippen LogP contribution is 2.30. The predicted octanol–water partition coefficient (Wildman–Crippen LogP) is 2.23. The van der Waals surface area contributed by atoms with Crippen LogP contribution < -0.4 is 5.32 Å². The summed E-state index contributed by atoms with van der Waals surface area (Å²) in [6.45, 7) is 0. The van der Waals surface area contributed by atoms with E-state index in [1.54, 1.807) is 0 Å². The predicted molar refractivity (Wildman–Crippen MR) is 81.2 cm³/mol. The number of carboxylic acids is 1. The van der Waals surface area contributed by atoms with E-state index in [0.29, 0.717) is 11.6 Å². The largest absolute Gasteiger partial charge is 0.480 e. The van der Waals surface area contributed by atoms with Crippen LogP contribution in [0.5, 0.6) is 0 Å². The second-order valence-electron chi connectivity index (χ2n) is 5.42. The van der Waals surface area contributed by atoms with Crippen molar-refractivity contribution in [1.29, 1.82) is 0 Å². The summed E-state index contributed by atoms with van der Waals surface area (Å²) in [4.78, 5) is 25.0. The standard InChI is InChI=1S/C15H18N2O3S/c18-14(19)13-8-21-9-17(13)15(20)16-12-7-3-5-10-4-1-2-6-11(10)12/h1-2,4,6,12-13H,3,5,7-9H2,(H,16,20)(H,18,19)/t12?,13-/m0/s1. The quantitative estimate of drug-likeness (QED) is 0.879. The molecule has 0 spiro atoms. The molecule has 2 amide bonds. The Morgan fingerprint density at radius 2 is 2.14 bits per heavy atom. The summed E-state index contributed by atoms with van der Waals surface area (Å²) in [5.41, 5.74) is 2.44. The van der Waals surface area contributed by atoms with Crippen LogP contribution in [0.1, 0.15) is 30.0 Å². The zero-order chi connectivity index (χ0) is 14.8. The molecule has 1 aromatic rings. The van der Waals surface area contributed by atoms with E-state index in [4.69, 9.17) is 5.11 Å². The zero-order valence-corrected chi connectivity index (χ0v) is 12.4. The van der Waals surface area contributed by atoms with Gasteiger partial charge < -0.3 is 15.3 Å². The van der Waals surface area contributed by atoms with Crippen LogP contribution in [-0.4, -0.2) is 39.7 Å². The number of carboxylic acid groups (broad SMARTS) is 1. The maximum absolute atomic E-state index is 12.4. The van der Waals surface area contributed by atoms with Gasteiger partial charge in [-0.2, -0.15) is 0 Å². The van der Waals surface area contributed by atoms with Gasteiger partial charge in [-0.1, -0.05) is 24.3 Å². The van der Waals surface area contributed by atoms with Gasteiger partial charge in [-0.25, -0.2) is 9.59 Å². The molecule has 2 aliphatic rings. The van der Waals surface area contributed by atoms with Gasteiger partial charge in [0.1, 0.15) is 6.04 Å². The first-order chi connectivity index (χ1) is 10.2. The van der Waals surface area contributed by atoms with Crippen LogP contribution in [-0.2, 0) is 11.2 Å². The van der Waals surface area contributed by atoms with Crippen LogP contribution in [0.2, 0.25) is 0 Å². The summed E-state index contributed by atoms with van der Waals surface area (Å²) < 4.78 is 0. The van der Waals surface area contributed by atoms with Crippen molar-refractivity contribution >= 4 is 23.8 Å². The molecule has 3 rings (SSSR count).